The van der Waals surface area contributed by atoms with Gasteiger partial charge in [-0.3, -0.25) is 9.78 Å². The monoisotopic (exact) mass is 334 g/mol. The third kappa shape index (κ3) is 4.35. The van der Waals surface area contributed by atoms with Gasteiger partial charge in [-0.15, -0.1) is 0 Å². The summed E-state index contributed by atoms with van der Waals surface area (Å²) in [6.07, 6.45) is 1.14. The summed E-state index contributed by atoms with van der Waals surface area (Å²) in [5.41, 5.74) is 0.815. The van der Waals surface area contributed by atoms with Crippen LogP contribution in [0.5, 0.6) is 5.75 Å². The van der Waals surface area contributed by atoms with Crippen LogP contribution in [0, 0.1) is 0 Å². The molecule has 0 bridgehead atoms. The number of rotatable bonds is 5. The SMILES string of the molecule is CC(Oc1cccc(Br)c1)C(=O)NCc1ccccn1. The molecule has 1 aromatic heterocycles. The standard InChI is InChI=1S/C15H15BrN2O2/c1-11(20-14-7-4-5-12(16)9-14)15(19)18-10-13-6-2-3-8-17-13/h2-9,11H,10H2,1H3,(H,18,19). The van der Waals surface area contributed by atoms with Crippen molar-refractivity contribution >= 4 is 21.8 Å². The topological polar surface area (TPSA) is 51.2 Å². The number of halogens is 1. The lowest BCUT2D eigenvalue weighted by Crippen LogP contribution is -2.36. The number of carbonyl (C=O) groups excluding carboxylic acids is 1. The van der Waals surface area contributed by atoms with Gasteiger partial charge in [0.2, 0.25) is 0 Å². The molecule has 4 nitrogen and oxygen atoms in total. The minimum absolute atomic E-state index is 0.171. The first-order valence-corrected chi connectivity index (χ1v) is 7.04. The average Bonchev–Trinajstić information content (AvgIpc) is 2.46. The first-order chi connectivity index (χ1) is 9.65. The van der Waals surface area contributed by atoms with Gasteiger partial charge in [-0.25, -0.2) is 0 Å². The van der Waals surface area contributed by atoms with Crippen LogP contribution in [0.2, 0.25) is 0 Å². The van der Waals surface area contributed by atoms with E-state index < -0.39 is 6.10 Å². The molecule has 0 saturated carbocycles. The molecule has 0 saturated heterocycles. The van der Waals surface area contributed by atoms with Crippen LogP contribution >= 0.6 is 15.9 Å². The molecule has 1 unspecified atom stereocenters. The van der Waals surface area contributed by atoms with Crippen molar-refractivity contribution in [3.05, 3.63) is 58.8 Å². The molecule has 0 spiro atoms. The minimum atomic E-state index is -0.562. The van der Waals surface area contributed by atoms with Crippen LogP contribution < -0.4 is 10.1 Å². The van der Waals surface area contributed by atoms with Gasteiger partial charge in [-0.1, -0.05) is 28.1 Å². The molecule has 2 rings (SSSR count). The Morgan fingerprint density at radius 1 is 1.35 bits per heavy atom. The van der Waals surface area contributed by atoms with Gasteiger partial charge in [0.05, 0.1) is 12.2 Å². The van der Waals surface area contributed by atoms with E-state index in [1.807, 2.05) is 42.5 Å². The number of carbonyl (C=O) groups is 1. The van der Waals surface area contributed by atoms with Crippen LogP contribution in [-0.2, 0) is 11.3 Å². The predicted octanol–water partition coefficient (Wildman–Crippen LogP) is 2.93. The second kappa shape index (κ2) is 7.05. The lowest BCUT2D eigenvalue weighted by molar-refractivity contribution is -0.127. The first kappa shape index (κ1) is 14.5. The number of aromatic nitrogens is 1. The molecule has 1 heterocycles. The average molecular weight is 335 g/mol. The summed E-state index contributed by atoms with van der Waals surface area (Å²) in [6, 6.07) is 13.0. The van der Waals surface area contributed by atoms with Gasteiger partial charge >= 0.3 is 0 Å². The maximum Gasteiger partial charge on any atom is 0.261 e. The zero-order valence-corrected chi connectivity index (χ0v) is 12.6. The van der Waals surface area contributed by atoms with Crippen molar-refractivity contribution in [1.29, 1.82) is 0 Å². The third-order valence-corrected chi connectivity index (χ3v) is 3.14. The maximum atomic E-state index is 11.9. The Hall–Kier alpha value is -1.88. The summed E-state index contributed by atoms with van der Waals surface area (Å²) in [5.74, 6) is 0.482. The second-order valence-corrected chi connectivity index (χ2v) is 5.17. The molecular formula is C15H15BrN2O2. The van der Waals surface area contributed by atoms with Crippen LogP contribution in [0.15, 0.2) is 53.1 Å². The molecule has 0 aliphatic heterocycles. The Labute approximate surface area is 126 Å². The zero-order valence-electron chi connectivity index (χ0n) is 11.0. The summed E-state index contributed by atoms with van der Waals surface area (Å²) >= 11 is 3.36. The molecule has 1 aromatic carbocycles. The molecule has 104 valence electrons. The zero-order chi connectivity index (χ0) is 14.4. The van der Waals surface area contributed by atoms with E-state index >= 15 is 0 Å². The van der Waals surface area contributed by atoms with E-state index in [0.29, 0.717) is 12.3 Å². The molecule has 1 N–H and O–H groups in total. The third-order valence-electron chi connectivity index (χ3n) is 2.65. The largest absolute Gasteiger partial charge is 0.481 e. The van der Waals surface area contributed by atoms with Crippen LogP contribution in [0.4, 0.5) is 0 Å². The highest BCUT2D eigenvalue weighted by atomic mass is 79.9. The van der Waals surface area contributed by atoms with Gasteiger partial charge in [0.1, 0.15) is 5.75 Å². The highest BCUT2D eigenvalue weighted by molar-refractivity contribution is 9.10. The lowest BCUT2D eigenvalue weighted by Gasteiger charge is -2.14. The first-order valence-electron chi connectivity index (χ1n) is 6.25. The van der Waals surface area contributed by atoms with Crippen molar-refractivity contribution in [2.24, 2.45) is 0 Å². The smallest absolute Gasteiger partial charge is 0.261 e. The highest BCUT2D eigenvalue weighted by Crippen LogP contribution is 2.18. The summed E-state index contributed by atoms with van der Waals surface area (Å²) in [7, 11) is 0. The number of benzene rings is 1. The number of hydrogen-bond donors (Lipinski definition) is 1. The van der Waals surface area contributed by atoms with E-state index in [9.17, 15) is 4.79 Å². The Bertz CT molecular complexity index is 575. The Morgan fingerprint density at radius 2 is 2.20 bits per heavy atom. The van der Waals surface area contributed by atoms with Crippen LogP contribution in [-0.4, -0.2) is 17.0 Å². The van der Waals surface area contributed by atoms with Crippen molar-refractivity contribution < 1.29 is 9.53 Å². The Balaban J connectivity index is 1.86. The van der Waals surface area contributed by atoms with Crippen molar-refractivity contribution in [3.63, 3.8) is 0 Å². The van der Waals surface area contributed by atoms with Gasteiger partial charge in [0, 0.05) is 10.7 Å². The van der Waals surface area contributed by atoms with Crippen LogP contribution in [0.1, 0.15) is 12.6 Å². The molecule has 0 radical (unpaired) electrons. The number of hydrogen-bond acceptors (Lipinski definition) is 3. The van der Waals surface area contributed by atoms with E-state index in [1.165, 1.54) is 0 Å². The molecule has 0 aliphatic carbocycles. The highest BCUT2D eigenvalue weighted by Gasteiger charge is 2.14. The van der Waals surface area contributed by atoms with E-state index in [4.69, 9.17) is 4.74 Å². The predicted molar refractivity (Wildman–Crippen MR) is 80.3 cm³/mol. The summed E-state index contributed by atoms with van der Waals surface area (Å²) in [4.78, 5) is 16.1. The molecular weight excluding hydrogens is 320 g/mol. The normalized spacial score (nSPS) is 11.7. The Morgan fingerprint density at radius 3 is 2.90 bits per heavy atom. The van der Waals surface area contributed by atoms with Gasteiger partial charge < -0.3 is 10.1 Å². The summed E-state index contributed by atoms with van der Waals surface area (Å²) in [6.45, 7) is 2.11. The summed E-state index contributed by atoms with van der Waals surface area (Å²) < 4.78 is 6.50. The second-order valence-electron chi connectivity index (χ2n) is 4.26. The van der Waals surface area contributed by atoms with Gasteiger partial charge in [0.15, 0.2) is 6.10 Å². The van der Waals surface area contributed by atoms with E-state index in [-0.39, 0.29) is 5.91 Å². The minimum Gasteiger partial charge on any atom is -0.481 e. The quantitative estimate of drug-likeness (QED) is 0.914. The number of amides is 1. The van der Waals surface area contributed by atoms with Crippen LogP contribution in [0.25, 0.3) is 0 Å². The molecule has 0 aliphatic rings. The fraction of sp³-hybridized carbons (Fsp3) is 0.200. The van der Waals surface area contributed by atoms with Gasteiger partial charge in [0.25, 0.3) is 5.91 Å². The molecule has 5 heteroatoms. The molecule has 0 fully saturated rings. The fourth-order valence-corrected chi connectivity index (χ4v) is 2.00. The Kier molecular flexibility index (Phi) is 5.12. The van der Waals surface area contributed by atoms with E-state index in [0.717, 1.165) is 10.2 Å². The molecule has 20 heavy (non-hydrogen) atoms. The molecule has 1 amide bonds. The number of ether oxygens (including phenoxy) is 1. The van der Waals surface area contributed by atoms with Gasteiger partial charge in [-0.2, -0.15) is 0 Å². The lowest BCUT2D eigenvalue weighted by atomic mass is 10.3. The summed E-state index contributed by atoms with van der Waals surface area (Å²) in [5, 5.41) is 2.80. The van der Waals surface area contributed by atoms with E-state index in [1.54, 1.807) is 13.1 Å². The molecule has 2 aromatic rings. The van der Waals surface area contributed by atoms with Crippen molar-refractivity contribution in [2.75, 3.05) is 0 Å². The molecule has 1 atom stereocenters. The van der Waals surface area contributed by atoms with Gasteiger partial charge in [-0.05, 0) is 37.3 Å². The fourth-order valence-electron chi connectivity index (χ4n) is 1.62. The number of nitrogens with one attached hydrogen (secondary N) is 1. The van der Waals surface area contributed by atoms with Crippen LogP contribution in [0.3, 0.4) is 0 Å². The van der Waals surface area contributed by atoms with Crippen molar-refractivity contribution in [3.8, 4) is 5.75 Å². The number of pyridine rings is 1. The van der Waals surface area contributed by atoms with E-state index in [2.05, 4.69) is 26.2 Å². The number of nitrogens with zero attached hydrogens (tertiary/aromatic N) is 1. The maximum absolute atomic E-state index is 11.9. The van der Waals surface area contributed by atoms with Crippen molar-refractivity contribution in [2.45, 2.75) is 19.6 Å². The van der Waals surface area contributed by atoms with Crippen molar-refractivity contribution in [1.82, 2.24) is 10.3 Å².